The molecule has 1 aromatic rings. The van der Waals surface area contributed by atoms with Crippen LogP contribution in [0.4, 0.5) is 0 Å². The van der Waals surface area contributed by atoms with E-state index in [0.717, 1.165) is 13.0 Å². The van der Waals surface area contributed by atoms with Crippen molar-refractivity contribution in [3.05, 3.63) is 35.9 Å². The van der Waals surface area contributed by atoms with Gasteiger partial charge in [0.05, 0.1) is 18.9 Å². The lowest BCUT2D eigenvalue weighted by atomic mass is 9.87. The Morgan fingerprint density at radius 2 is 2.00 bits per heavy atom. The Morgan fingerprint density at radius 1 is 1.29 bits per heavy atom. The van der Waals surface area contributed by atoms with Crippen LogP contribution >= 0.6 is 0 Å². The molecule has 1 aromatic carbocycles. The Kier molecular flexibility index (Phi) is 2.64. The number of carbonyl (C=O) groups excluding carboxylic acids is 1. The van der Waals surface area contributed by atoms with Gasteiger partial charge in [-0.3, -0.25) is 4.79 Å². The summed E-state index contributed by atoms with van der Waals surface area (Å²) in [4.78, 5) is 11.6. The first-order valence-corrected chi connectivity index (χ1v) is 5.20. The van der Waals surface area contributed by atoms with E-state index >= 15 is 0 Å². The van der Waals surface area contributed by atoms with E-state index in [1.807, 2.05) is 25.1 Å². The van der Waals surface area contributed by atoms with Gasteiger partial charge in [0.1, 0.15) is 11.8 Å². The third-order valence-corrected chi connectivity index (χ3v) is 3.04. The van der Waals surface area contributed by atoms with Crippen LogP contribution in [0, 0.1) is 5.92 Å². The smallest absolute Gasteiger partial charge is 0.147 e. The minimum atomic E-state index is 0.158. The highest BCUT2D eigenvalue weighted by atomic mass is 16.1. The molecule has 2 N–H and O–H groups in total. The molecule has 14 heavy (non-hydrogen) atoms. The van der Waals surface area contributed by atoms with Gasteiger partial charge in [0, 0.05) is 5.56 Å². The number of hydrogen-bond donors (Lipinski definition) is 1. The van der Waals surface area contributed by atoms with Crippen LogP contribution in [-0.4, -0.2) is 12.3 Å². The molecule has 2 heteroatoms. The highest BCUT2D eigenvalue weighted by molar-refractivity contribution is 5.81. The Hall–Kier alpha value is -1.15. The minimum absolute atomic E-state index is 0.158. The summed E-state index contributed by atoms with van der Waals surface area (Å²) in [6.45, 7) is 2.97. The molecule has 1 aliphatic heterocycles. The van der Waals surface area contributed by atoms with Crippen molar-refractivity contribution in [2.75, 3.05) is 6.54 Å². The molecule has 0 radical (unpaired) electrons. The molecule has 1 fully saturated rings. The minimum Gasteiger partial charge on any atom is -0.339 e. The van der Waals surface area contributed by atoms with E-state index in [4.69, 9.17) is 0 Å². The fourth-order valence-electron chi connectivity index (χ4n) is 2.14. The van der Waals surface area contributed by atoms with E-state index in [1.54, 1.807) is 0 Å². The van der Waals surface area contributed by atoms with Crippen LogP contribution in [0.1, 0.15) is 24.9 Å². The van der Waals surface area contributed by atoms with E-state index in [9.17, 15) is 4.79 Å². The molecular formula is C12H16NO+. The lowest BCUT2D eigenvalue weighted by molar-refractivity contribution is -0.704. The van der Waals surface area contributed by atoms with Crippen molar-refractivity contribution >= 4 is 5.78 Å². The van der Waals surface area contributed by atoms with E-state index in [0.29, 0.717) is 11.8 Å². The maximum Gasteiger partial charge on any atom is 0.147 e. The van der Waals surface area contributed by atoms with Gasteiger partial charge in [-0.25, -0.2) is 0 Å². The second kappa shape index (κ2) is 3.93. The second-order valence-corrected chi connectivity index (χ2v) is 3.97. The van der Waals surface area contributed by atoms with Crippen molar-refractivity contribution in [3.8, 4) is 0 Å². The summed E-state index contributed by atoms with van der Waals surface area (Å²) >= 11 is 0. The van der Waals surface area contributed by atoms with Crippen molar-refractivity contribution in [1.29, 1.82) is 0 Å². The molecule has 0 aromatic heterocycles. The van der Waals surface area contributed by atoms with Crippen molar-refractivity contribution in [2.24, 2.45) is 5.92 Å². The average molecular weight is 190 g/mol. The summed E-state index contributed by atoms with van der Waals surface area (Å²) in [5.74, 6) is 0.563. The van der Waals surface area contributed by atoms with Crippen molar-refractivity contribution < 1.29 is 10.1 Å². The molecule has 2 rings (SSSR count). The van der Waals surface area contributed by atoms with Crippen molar-refractivity contribution in [2.45, 2.75) is 19.4 Å². The highest BCUT2D eigenvalue weighted by Gasteiger charge is 2.31. The molecule has 0 spiro atoms. The lowest BCUT2D eigenvalue weighted by Gasteiger charge is -2.25. The number of nitrogens with two attached hydrogens (primary N) is 1. The molecule has 1 saturated heterocycles. The van der Waals surface area contributed by atoms with Gasteiger partial charge in [-0.2, -0.15) is 0 Å². The number of quaternary nitrogens is 1. The lowest BCUT2D eigenvalue weighted by Crippen LogP contribution is -2.89. The number of Topliss-reactive ketones (excluding diaryl/α,β-unsaturated/α-hetero) is 1. The Balaban J connectivity index is 2.22. The predicted octanol–water partition coefficient (Wildman–Crippen LogP) is 0.900. The summed E-state index contributed by atoms with van der Waals surface area (Å²) < 4.78 is 0. The van der Waals surface area contributed by atoms with Gasteiger partial charge < -0.3 is 5.32 Å². The normalized spacial score (nSPS) is 27.6. The van der Waals surface area contributed by atoms with E-state index in [-0.39, 0.29) is 5.92 Å². The van der Waals surface area contributed by atoms with Crippen LogP contribution in [0.25, 0.3) is 0 Å². The van der Waals surface area contributed by atoms with Gasteiger partial charge in [0.2, 0.25) is 0 Å². The van der Waals surface area contributed by atoms with Gasteiger partial charge in [0.25, 0.3) is 0 Å². The molecule has 74 valence electrons. The summed E-state index contributed by atoms with van der Waals surface area (Å²) in [6.07, 6.45) is 0.727. The SMILES string of the molecule is C[C@@H]1C(=O)CC[NH2+][C@H]1c1ccccc1. The molecule has 0 amide bonds. The third-order valence-electron chi connectivity index (χ3n) is 3.04. The maximum atomic E-state index is 11.6. The highest BCUT2D eigenvalue weighted by Crippen LogP contribution is 2.21. The molecule has 2 atom stereocenters. The molecular weight excluding hydrogens is 174 g/mol. The molecule has 0 aliphatic carbocycles. The summed E-state index contributed by atoms with van der Waals surface area (Å²) in [7, 11) is 0. The summed E-state index contributed by atoms with van der Waals surface area (Å²) in [5.41, 5.74) is 1.27. The van der Waals surface area contributed by atoms with Crippen molar-refractivity contribution in [3.63, 3.8) is 0 Å². The van der Waals surface area contributed by atoms with Gasteiger partial charge in [-0.15, -0.1) is 0 Å². The molecule has 0 saturated carbocycles. The Morgan fingerprint density at radius 3 is 2.71 bits per heavy atom. The molecule has 0 unspecified atom stereocenters. The first kappa shape index (κ1) is 9.41. The Bertz CT molecular complexity index is 320. The number of benzene rings is 1. The molecule has 1 heterocycles. The van der Waals surface area contributed by atoms with Crippen LogP contribution < -0.4 is 5.32 Å². The average Bonchev–Trinajstić information content (AvgIpc) is 2.23. The monoisotopic (exact) mass is 190 g/mol. The molecule has 2 nitrogen and oxygen atoms in total. The van der Waals surface area contributed by atoms with Gasteiger partial charge in [-0.1, -0.05) is 30.3 Å². The van der Waals surface area contributed by atoms with Gasteiger partial charge in [-0.05, 0) is 6.92 Å². The Labute approximate surface area is 84.3 Å². The fraction of sp³-hybridized carbons (Fsp3) is 0.417. The zero-order chi connectivity index (χ0) is 9.97. The van der Waals surface area contributed by atoms with E-state index < -0.39 is 0 Å². The van der Waals surface area contributed by atoms with E-state index in [2.05, 4.69) is 17.4 Å². The van der Waals surface area contributed by atoms with E-state index in [1.165, 1.54) is 5.56 Å². The quantitative estimate of drug-likeness (QED) is 0.701. The zero-order valence-electron chi connectivity index (χ0n) is 8.44. The fourth-order valence-corrected chi connectivity index (χ4v) is 2.14. The van der Waals surface area contributed by atoms with Crippen LogP contribution in [0.3, 0.4) is 0 Å². The largest absolute Gasteiger partial charge is 0.339 e. The summed E-state index contributed by atoms with van der Waals surface area (Å²) in [6, 6.07) is 10.6. The van der Waals surface area contributed by atoms with Crippen LogP contribution in [0.5, 0.6) is 0 Å². The van der Waals surface area contributed by atoms with Crippen LogP contribution in [0.2, 0.25) is 0 Å². The third kappa shape index (κ3) is 1.70. The van der Waals surface area contributed by atoms with Crippen molar-refractivity contribution in [1.82, 2.24) is 0 Å². The first-order valence-electron chi connectivity index (χ1n) is 5.20. The van der Waals surface area contributed by atoms with Gasteiger partial charge >= 0.3 is 0 Å². The number of ketones is 1. The standard InChI is InChI=1S/C12H15NO/c1-9-11(14)7-8-13-12(9)10-5-3-2-4-6-10/h2-6,9,12-13H,7-8H2,1H3/p+1/t9-,12-/m1/s1. The predicted molar refractivity (Wildman–Crippen MR) is 54.8 cm³/mol. The molecule has 0 bridgehead atoms. The van der Waals surface area contributed by atoms with Crippen LogP contribution in [-0.2, 0) is 4.79 Å². The topological polar surface area (TPSA) is 33.7 Å². The summed E-state index contributed by atoms with van der Waals surface area (Å²) in [5, 5.41) is 2.28. The first-order chi connectivity index (χ1) is 6.79. The van der Waals surface area contributed by atoms with Gasteiger partial charge in [0.15, 0.2) is 0 Å². The molecule has 1 aliphatic rings. The number of carbonyl (C=O) groups is 1. The number of rotatable bonds is 1. The zero-order valence-corrected chi connectivity index (χ0v) is 8.44. The second-order valence-electron chi connectivity index (χ2n) is 3.97. The van der Waals surface area contributed by atoms with Crippen LogP contribution in [0.15, 0.2) is 30.3 Å². The maximum absolute atomic E-state index is 11.6. The number of hydrogen-bond acceptors (Lipinski definition) is 1. The number of piperidine rings is 1.